The highest BCUT2D eigenvalue weighted by Crippen LogP contribution is 2.09. The van der Waals surface area contributed by atoms with Crippen LogP contribution in [0, 0.1) is 11.6 Å². The monoisotopic (exact) mass is 271 g/mol. The molecule has 0 radical (unpaired) electrons. The Kier molecular flexibility index (Phi) is 5.11. The zero-order valence-corrected chi connectivity index (χ0v) is 9.78. The second kappa shape index (κ2) is 6.58. The largest absolute Gasteiger partial charge is 0.481 e. The number of amides is 1. The molecule has 0 aliphatic heterocycles. The Labute approximate surface area is 107 Å². The first-order chi connectivity index (χ1) is 8.90. The van der Waals surface area contributed by atoms with Gasteiger partial charge in [0.15, 0.2) is 5.78 Å². The van der Waals surface area contributed by atoms with E-state index in [0.717, 1.165) is 12.1 Å². The van der Waals surface area contributed by atoms with Crippen LogP contribution >= 0.6 is 0 Å². The molecule has 1 aromatic carbocycles. The Morgan fingerprint density at radius 3 is 2.42 bits per heavy atom. The number of ketones is 1. The van der Waals surface area contributed by atoms with Crippen LogP contribution < -0.4 is 5.32 Å². The zero-order chi connectivity index (χ0) is 14.4. The number of hydrogen-bond donors (Lipinski definition) is 2. The number of Topliss-reactive ketones (excluding diaryl/α,β-unsaturated/α-hetero) is 1. The highest BCUT2D eigenvalue weighted by Gasteiger charge is 2.13. The number of rotatable bonds is 6. The number of carboxylic acids is 1. The highest BCUT2D eigenvalue weighted by atomic mass is 19.1. The van der Waals surface area contributed by atoms with Gasteiger partial charge in [-0.1, -0.05) is 0 Å². The summed E-state index contributed by atoms with van der Waals surface area (Å²) >= 11 is 0. The van der Waals surface area contributed by atoms with Crippen molar-refractivity contribution in [3.8, 4) is 0 Å². The van der Waals surface area contributed by atoms with Gasteiger partial charge in [-0.2, -0.15) is 0 Å². The van der Waals surface area contributed by atoms with Crippen molar-refractivity contribution in [1.29, 1.82) is 0 Å². The molecule has 0 fully saturated rings. The van der Waals surface area contributed by atoms with E-state index in [1.54, 1.807) is 0 Å². The summed E-state index contributed by atoms with van der Waals surface area (Å²) in [6.07, 6.45) is -0.554. The van der Waals surface area contributed by atoms with Crippen molar-refractivity contribution in [1.82, 2.24) is 5.32 Å². The molecule has 0 saturated heterocycles. The lowest BCUT2D eigenvalue weighted by atomic mass is 10.2. The Balaban J connectivity index is 2.51. The molecule has 1 aromatic rings. The number of aliphatic carboxylic acids is 1. The standard InChI is InChI=1S/C12H11F2NO4/c13-7-1-3-9(10(14)5-7)12(19)15-6-8(16)2-4-11(17)18/h1,3,5H,2,4,6H2,(H,15,19)(H,17,18). The number of carbonyl (C=O) groups excluding carboxylic acids is 2. The van der Waals surface area contributed by atoms with Crippen LogP contribution in [0.15, 0.2) is 18.2 Å². The molecule has 0 spiro atoms. The third kappa shape index (κ3) is 4.82. The average molecular weight is 271 g/mol. The lowest BCUT2D eigenvalue weighted by Gasteiger charge is -2.05. The number of halogens is 2. The minimum absolute atomic E-state index is 0.221. The fraction of sp³-hybridized carbons (Fsp3) is 0.250. The molecular formula is C12H11F2NO4. The van der Waals surface area contributed by atoms with Gasteiger partial charge in [-0.25, -0.2) is 8.78 Å². The lowest BCUT2D eigenvalue weighted by molar-refractivity contribution is -0.138. The molecule has 0 saturated carbocycles. The van der Waals surface area contributed by atoms with Crippen molar-refractivity contribution in [3.63, 3.8) is 0 Å². The maximum absolute atomic E-state index is 13.2. The van der Waals surface area contributed by atoms with Crippen LogP contribution in [0.1, 0.15) is 23.2 Å². The van der Waals surface area contributed by atoms with E-state index in [-0.39, 0.29) is 18.4 Å². The van der Waals surface area contributed by atoms with Crippen molar-refractivity contribution in [3.05, 3.63) is 35.4 Å². The fourth-order valence-corrected chi connectivity index (χ4v) is 1.28. The Bertz CT molecular complexity index is 516. The summed E-state index contributed by atoms with van der Waals surface area (Å²) in [6.45, 7) is -0.400. The first-order valence-corrected chi connectivity index (χ1v) is 5.37. The molecular weight excluding hydrogens is 260 g/mol. The van der Waals surface area contributed by atoms with Crippen LogP contribution in [-0.4, -0.2) is 29.3 Å². The van der Waals surface area contributed by atoms with Gasteiger partial charge < -0.3 is 10.4 Å². The first kappa shape index (κ1) is 14.7. The second-order valence-electron chi connectivity index (χ2n) is 3.74. The van der Waals surface area contributed by atoms with Crippen molar-refractivity contribution in [2.24, 2.45) is 0 Å². The van der Waals surface area contributed by atoms with Crippen LogP contribution in [0.5, 0.6) is 0 Å². The van der Waals surface area contributed by atoms with E-state index in [1.165, 1.54) is 0 Å². The van der Waals surface area contributed by atoms with E-state index in [9.17, 15) is 23.2 Å². The zero-order valence-electron chi connectivity index (χ0n) is 9.78. The summed E-state index contributed by atoms with van der Waals surface area (Å²) in [5.74, 6) is -4.31. The Morgan fingerprint density at radius 2 is 1.84 bits per heavy atom. The Hall–Kier alpha value is -2.31. The molecule has 1 rings (SSSR count). The van der Waals surface area contributed by atoms with Gasteiger partial charge in [0.2, 0.25) is 0 Å². The van der Waals surface area contributed by atoms with E-state index < -0.39 is 35.8 Å². The SMILES string of the molecule is O=C(O)CCC(=O)CNC(=O)c1ccc(F)cc1F. The summed E-state index contributed by atoms with van der Waals surface area (Å²) in [7, 11) is 0. The van der Waals surface area contributed by atoms with Crippen molar-refractivity contribution in [2.45, 2.75) is 12.8 Å². The quantitative estimate of drug-likeness (QED) is 0.812. The third-order valence-corrected chi connectivity index (χ3v) is 2.24. The molecule has 102 valence electrons. The number of benzene rings is 1. The smallest absolute Gasteiger partial charge is 0.303 e. The van der Waals surface area contributed by atoms with Gasteiger partial charge in [-0.05, 0) is 12.1 Å². The molecule has 1 amide bonds. The highest BCUT2D eigenvalue weighted by molar-refractivity contribution is 5.97. The minimum Gasteiger partial charge on any atom is -0.481 e. The first-order valence-electron chi connectivity index (χ1n) is 5.37. The van der Waals surface area contributed by atoms with E-state index in [0.29, 0.717) is 6.07 Å². The third-order valence-electron chi connectivity index (χ3n) is 2.24. The van der Waals surface area contributed by atoms with Gasteiger partial charge in [-0.3, -0.25) is 14.4 Å². The molecule has 0 aromatic heterocycles. The molecule has 0 bridgehead atoms. The van der Waals surface area contributed by atoms with E-state index in [4.69, 9.17) is 5.11 Å². The van der Waals surface area contributed by atoms with Gasteiger partial charge in [0.1, 0.15) is 11.6 Å². The van der Waals surface area contributed by atoms with Crippen LogP contribution in [0.25, 0.3) is 0 Å². The molecule has 0 atom stereocenters. The fourth-order valence-electron chi connectivity index (χ4n) is 1.28. The molecule has 0 aliphatic carbocycles. The van der Waals surface area contributed by atoms with Crippen LogP contribution in [0.3, 0.4) is 0 Å². The van der Waals surface area contributed by atoms with Crippen molar-refractivity contribution in [2.75, 3.05) is 6.54 Å². The maximum atomic E-state index is 13.2. The summed E-state index contributed by atoms with van der Waals surface area (Å²) in [4.78, 5) is 32.9. The number of hydrogen-bond acceptors (Lipinski definition) is 3. The molecule has 7 heteroatoms. The number of carboxylic acid groups (broad SMARTS) is 1. The average Bonchev–Trinajstić information content (AvgIpc) is 2.33. The van der Waals surface area contributed by atoms with Crippen LogP contribution in [0.4, 0.5) is 8.78 Å². The number of nitrogens with one attached hydrogen (secondary N) is 1. The minimum atomic E-state index is -1.12. The van der Waals surface area contributed by atoms with Gasteiger partial charge in [0.05, 0.1) is 18.5 Å². The summed E-state index contributed by atoms with van der Waals surface area (Å²) in [6, 6.07) is 2.44. The van der Waals surface area contributed by atoms with E-state index in [2.05, 4.69) is 5.32 Å². The topological polar surface area (TPSA) is 83.5 Å². The summed E-state index contributed by atoms with van der Waals surface area (Å²) in [5, 5.41) is 10.5. The predicted molar refractivity (Wildman–Crippen MR) is 60.6 cm³/mol. The van der Waals surface area contributed by atoms with E-state index in [1.807, 2.05) is 0 Å². The van der Waals surface area contributed by atoms with E-state index >= 15 is 0 Å². The van der Waals surface area contributed by atoms with Crippen LogP contribution in [0.2, 0.25) is 0 Å². The molecule has 0 heterocycles. The Morgan fingerprint density at radius 1 is 1.16 bits per heavy atom. The molecule has 5 nitrogen and oxygen atoms in total. The van der Waals surface area contributed by atoms with Crippen molar-refractivity contribution < 1.29 is 28.3 Å². The molecule has 0 aliphatic rings. The maximum Gasteiger partial charge on any atom is 0.303 e. The summed E-state index contributed by atoms with van der Waals surface area (Å²) in [5.41, 5.74) is -0.382. The van der Waals surface area contributed by atoms with Crippen molar-refractivity contribution >= 4 is 17.7 Å². The van der Waals surface area contributed by atoms with Crippen LogP contribution in [-0.2, 0) is 9.59 Å². The summed E-state index contributed by atoms with van der Waals surface area (Å²) < 4.78 is 25.8. The molecule has 0 unspecified atom stereocenters. The van der Waals surface area contributed by atoms with Gasteiger partial charge in [-0.15, -0.1) is 0 Å². The molecule has 19 heavy (non-hydrogen) atoms. The predicted octanol–water partition coefficient (Wildman–Crippen LogP) is 1.13. The number of carbonyl (C=O) groups is 3. The molecule has 2 N–H and O–H groups in total. The van der Waals surface area contributed by atoms with Gasteiger partial charge in [0.25, 0.3) is 5.91 Å². The second-order valence-corrected chi connectivity index (χ2v) is 3.74. The van der Waals surface area contributed by atoms with Gasteiger partial charge >= 0.3 is 5.97 Å². The lowest BCUT2D eigenvalue weighted by Crippen LogP contribution is -2.30. The normalized spacial score (nSPS) is 10.0. The van der Waals surface area contributed by atoms with Gasteiger partial charge in [0, 0.05) is 12.5 Å².